The molecule has 2 aromatic rings. The summed E-state index contributed by atoms with van der Waals surface area (Å²) in [7, 11) is 0. The maximum Gasteiger partial charge on any atom is 0.186 e. The molecule has 0 spiro atoms. The van der Waals surface area contributed by atoms with Crippen molar-refractivity contribution in [2.45, 2.75) is 6.42 Å². The van der Waals surface area contributed by atoms with E-state index >= 15 is 0 Å². The van der Waals surface area contributed by atoms with Gasteiger partial charge in [-0.1, -0.05) is 0 Å². The fraction of sp³-hybridized carbons (Fsp3) is 0.0909. The molecule has 0 aliphatic heterocycles. The van der Waals surface area contributed by atoms with Crippen molar-refractivity contribution in [3.63, 3.8) is 0 Å². The Kier molecular flexibility index (Phi) is 2.49. The molecule has 0 fully saturated rings. The Morgan fingerprint density at radius 3 is 1.73 bits per heavy atom. The molecular weight excluding hydrogens is 192 g/mol. The Hall–Kier alpha value is -2.10. The summed E-state index contributed by atoms with van der Waals surface area (Å²) in [6, 6.07) is 6.77. The Morgan fingerprint density at radius 2 is 1.40 bits per heavy atom. The monoisotopic (exact) mass is 202 g/mol. The lowest BCUT2D eigenvalue weighted by Gasteiger charge is -1.96. The van der Waals surface area contributed by atoms with E-state index in [0.717, 1.165) is 0 Å². The predicted octanol–water partition coefficient (Wildman–Crippen LogP) is 1.80. The highest BCUT2D eigenvalue weighted by molar-refractivity contribution is 6.12. The first-order chi connectivity index (χ1) is 7.27. The van der Waals surface area contributed by atoms with E-state index in [4.69, 9.17) is 0 Å². The molecule has 0 amide bonds. The van der Waals surface area contributed by atoms with Crippen LogP contribution >= 0.6 is 0 Å². The molecule has 0 radical (unpaired) electrons. The largest absolute Gasteiger partial charge is 0.359 e. The molecule has 0 bridgehead atoms. The fourth-order valence-corrected chi connectivity index (χ4v) is 1.34. The van der Waals surface area contributed by atoms with Gasteiger partial charge in [-0.3, -0.25) is 9.59 Å². The Bertz CT molecular complexity index is 411. The molecule has 0 saturated carbocycles. The second-order valence-corrected chi connectivity index (χ2v) is 3.19. The van der Waals surface area contributed by atoms with E-state index < -0.39 is 0 Å². The minimum atomic E-state index is -0.195. The van der Waals surface area contributed by atoms with Crippen LogP contribution in [-0.4, -0.2) is 21.5 Å². The van der Waals surface area contributed by atoms with Crippen LogP contribution in [0.25, 0.3) is 0 Å². The molecule has 0 aromatic carbocycles. The van der Waals surface area contributed by atoms with Crippen LogP contribution in [0.2, 0.25) is 0 Å². The highest BCUT2D eigenvalue weighted by atomic mass is 16.1. The molecule has 15 heavy (non-hydrogen) atoms. The van der Waals surface area contributed by atoms with Crippen LogP contribution in [0.4, 0.5) is 0 Å². The van der Waals surface area contributed by atoms with E-state index in [2.05, 4.69) is 9.97 Å². The Morgan fingerprint density at radius 1 is 0.933 bits per heavy atom. The third-order valence-electron chi connectivity index (χ3n) is 2.12. The van der Waals surface area contributed by atoms with Gasteiger partial charge in [0, 0.05) is 12.4 Å². The number of ketones is 2. The Balaban J connectivity index is 2.04. The van der Waals surface area contributed by atoms with Gasteiger partial charge in [0.1, 0.15) is 0 Å². The van der Waals surface area contributed by atoms with Gasteiger partial charge in [0.25, 0.3) is 0 Å². The second-order valence-electron chi connectivity index (χ2n) is 3.19. The summed E-state index contributed by atoms with van der Waals surface area (Å²) < 4.78 is 0. The van der Waals surface area contributed by atoms with Gasteiger partial charge in [-0.25, -0.2) is 0 Å². The molecule has 2 N–H and O–H groups in total. The van der Waals surface area contributed by atoms with Crippen molar-refractivity contribution < 1.29 is 9.59 Å². The summed E-state index contributed by atoms with van der Waals surface area (Å²) in [4.78, 5) is 28.6. The molecule has 4 nitrogen and oxygen atoms in total. The number of carbonyl (C=O) groups is 2. The van der Waals surface area contributed by atoms with Crippen LogP contribution in [0.15, 0.2) is 36.7 Å². The van der Waals surface area contributed by atoms with E-state index in [1.807, 2.05) is 0 Å². The molecule has 0 atom stereocenters. The van der Waals surface area contributed by atoms with Crippen molar-refractivity contribution in [3.8, 4) is 0 Å². The van der Waals surface area contributed by atoms with E-state index in [1.165, 1.54) is 0 Å². The van der Waals surface area contributed by atoms with Crippen molar-refractivity contribution in [1.29, 1.82) is 0 Å². The van der Waals surface area contributed by atoms with Crippen molar-refractivity contribution in [3.05, 3.63) is 48.0 Å². The van der Waals surface area contributed by atoms with Crippen molar-refractivity contribution in [1.82, 2.24) is 9.97 Å². The highest BCUT2D eigenvalue weighted by Crippen LogP contribution is 2.05. The third kappa shape index (κ3) is 2.04. The summed E-state index contributed by atoms with van der Waals surface area (Å²) in [6.45, 7) is 0. The highest BCUT2D eigenvalue weighted by Gasteiger charge is 2.14. The third-order valence-corrected chi connectivity index (χ3v) is 2.12. The number of nitrogens with one attached hydrogen (secondary N) is 2. The SMILES string of the molecule is O=C(CC(=O)c1ccc[nH]1)c1ccc[nH]1. The van der Waals surface area contributed by atoms with Crippen LogP contribution in [0.3, 0.4) is 0 Å². The minimum absolute atomic E-state index is 0.110. The quantitative estimate of drug-likeness (QED) is 0.586. The van der Waals surface area contributed by atoms with Gasteiger partial charge in [0.15, 0.2) is 11.6 Å². The van der Waals surface area contributed by atoms with Crippen molar-refractivity contribution in [2.75, 3.05) is 0 Å². The lowest BCUT2D eigenvalue weighted by atomic mass is 10.1. The zero-order chi connectivity index (χ0) is 10.7. The number of hydrogen-bond donors (Lipinski definition) is 2. The lowest BCUT2D eigenvalue weighted by molar-refractivity contribution is 0.0889. The van der Waals surface area contributed by atoms with E-state index in [9.17, 15) is 9.59 Å². The zero-order valence-corrected chi connectivity index (χ0v) is 7.99. The Labute approximate surface area is 86.3 Å². The van der Waals surface area contributed by atoms with Gasteiger partial charge in [0.05, 0.1) is 17.8 Å². The van der Waals surface area contributed by atoms with Crippen molar-refractivity contribution in [2.24, 2.45) is 0 Å². The van der Waals surface area contributed by atoms with Crippen LogP contribution in [0, 0.1) is 0 Å². The number of carbonyl (C=O) groups excluding carboxylic acids is 2. The molecule has 0 saturated heterocycles. The number of Topliss-reactive ketones (excluding diaryl/α,β-unsaturated/α-hetero) is 2. The number of aromatic amines is 2. The standard InChI is InChI=1S/C11H10N2O2/c14-10(8-3-1-5-12-8)7-11(15)9-4-2-6-13-9/h1-6,12-13H,7H2. The predicted molar refractivity (Wildman–Crippen MR) is 54.9 cm³/mol. The molecule has 0 aliphatic rings. The van der Waals surface area contributed by atoms with Crippen molar-refractivity contribution >= 4 is 11.6 Å². The summed E-state index contributed by atoms with van der Waals surface area (Å²) in [5.41, 5.74) is 0.935. The molecular formula is C11H10N2O2. The van der Waals surface area contributed by atoms with Crippen LogP contribution in [-0.2, 0) is 0 Å². The first-order valence-corrected chi connectivity index (χ1v) is 4.60. The molecule has 2 aromatic heterocycles. The maximum atomic E-state index is 11.5. The van der Waals surface area contributed by atoms with E-state index in [-0.39, 0.29) is 18.0 Å². The first-order valence-electron chi connectivity index (χ1n) is 4.60. The first kappa shape index (κ1) is 9.45. The van der Waals surface area contributed by atoms with Gasteiger partial charge in [-0.2, -0.15) is 0 Å². The zero-order valence-electron chi connectivity index (χ0n) is 7.99. The minimum Gasteiger partial charge on any atom is -0.359 e. The summed E-state index contributed by atoms with van der Waals surface area (Å²) in [6.07, 6.45) is 3.21. The molecule has 76 valence electrons. The normalized spacial score (nSPS) is 10.1. The molecule has 0 aliphatic carbocycles. The molecule has 0 unspecified atom stereocenters. The number of H-pyrrole nitrogens is 2. The van der Waals surface area contributed by atoms with Gasteiger partial charge in [-0.05, 0) is 24.3 Å². The molecule has 2 rings (SSSR count). The van der Waals surface area contributed by atoms with Gasteiger partial charge >= 0.3 is 0 Å². The van der Waals surface area contributed by atoms with E-state index in [1.54, 1.807) is 36.7 Å². The molecule has 2 heterocycles. The van der Waals surface area contributed by atoms with Gasteiger partial charge in [0.2, 0.25) is 0 Å². The summed E-state index contributed by atoms with van der Waals surface area (Å²) in [5, 5.41) is 0. The van der Waals surface area contributed by atoms with Crippen LogP contribution in [0.1, 0.15) is 27.4 Å². The summed E-state index contributed by atoms with van der Waals surface area (Å²) in [5.74, 6) is -0.390. The lowest BCUT2D eigenvalue weighted by Crippen LogP contribution is -2.09. The van der Waals surface area contributed by atoms with Gasteiger partial charge < -0.3 is 9.97 Å². The van der Waals surface area contributed by atoms with Crippen LogP contribution in [0.5, 0.6) is 0 Å². The average Bonchev–Trinajstić information content (AvgIpc) is 2.91. The number of rotatable bonds is 4. The van der Waals surface area contributed by atoms with Crippen LogP contribution < -0.4 is 0 Å². The average molecular weight is 202 g/mol. The summed E-state index contributed by atoms with van der Waals surface area (Å²) >= 11 is 0. The molecule has 4 heteroatoms. The second kappa shape index (κ2) is 3.96. The topological polar surface area (TPSA) is 65.7 Å². The smallest absolute Gasteiger partial charge is 0.186 e. The maximum absolute atomic E-state index is 11.5. The number of hydrogen-bond acceptors (Lipinski definition) is 2. The van der Waals surface area contributed by atoms with Gasteiger partial charge in [-0.15, -0.1) is 0 Å². The number of aromatic nitrogens is 2. The fourth-order valence-electron chi connectivity index (χ4n) is 1.34. The van der Waals surface area contributed by atoms with E-state index in [0.29, 0.717) is 11.4 Å².